The van der Waals surface area contributed by atoms with E-state index in [1.165, 1.54) is 16.9 Å². The second-order valence-corrected chi connectivity index (χ2v) is 7.14. The normalized spacial score (nSPS) is 18.8. The van der Waals surface area contributed by atoms with Crippen LogP contribution >= 0.6 is 27.3 Å². The first-order chi connectivity index (χ1) is 9.22. The molecular formula is C16H17BrOS. The SMILES string of the molecule is OC(Cc1sccc1Br)C1(c2ccccc2)CCC1. The minimum atomic E-state index is -0.293. The highest BCUT2D eigenvalue weighted by molar-refractivity contribution is 9.10. The molecule has 2 aromatic rings. The van der Waals surface area contributed by atoms with Crippen molar-refractivity contribution in [1.29, 1.82) is 0 Å². The van der Waals surface area contributed by atoms with Crippen molar-refractivity contribution in [3.8, 4) is 0 Å². The Kier molecular flexibility index (Phi) is 3.79. The van der Waals surface area contributed by atoms with Crippen LogP contribution in [-0.4, -0.2) is 11.2 Å². The van der Waals surface area contributed by atoms with E-state index in [1.54, 1.807) is 11.3 Å². The maximum atomic E-state index is 10.8. The highest BCUT2D eigenvalue weighted by atomic mass is 79.9. The third-order valence-electron chi connectivity index (χ3n) is 4.30. The van der Waals surface area contributed by atoms with Crippen molar-refractivity contribution < 1.29 is 5.11 Å². The first kappa shape index (κ1) is 13.3. The lowest BCUT2D eigenvalue weighted by Gasteiger charge is -2.46. The third kappa shape index (κ3) is 2.39. The summed E-state index contributed by atoms with van der Waals surface area (Å²) in [6, 6.07) is 12.6. The number of hydrogen-bond donors (Lipinski definition) is 1. The highest BCUT2D eigenvalue weighted by Gasteiger charge is 2.44. The molecule has 100 valence electrons. The van der Waals surface area contributed by atoms with E-state index in [4.69, 9.17) is 0 Å². The van der Waals surface area contributed by atoms with Gasteiger partial charge in [-0.3, -0.25) is 0 Å². The molecule has 1 saturated carbocycles. The van der Waals surface area contributed by atoms with Crippen LogP contribution < -0.4 is 0 Å². The van der Waals surface area contributed by atoms with Gasteiger partial charge in [-0.25, -0.2) is 0 Å². The first-order valence-corrected chi connectivity index (χ1v) is 8.35. The lowest BCUT2D eigenvalue weighted by Crippen LogP contribution is -2.46. The van der Waals surface area contributed by atoms with E-state index >= 15 is 0 Å². The zero-order valence-corrected chi connectivity index (χ0v) is 13.1. The Morgan fingerprint density at radius 2 is 1.95 bits per heavy atom. The summed E-state index contributed by atoms with van der Waals surface area (Å²) in [6.45, 7) is 0. The summed E-state index contributed by atoms with van der Waals surface area (Å²) < 4.78 is 1.12. The Hall–Kier alpha value is -0.640. The summed E-state index contributed by atoms with van der Waals surface area (Å²) in [5, 5.41) is 12.8. The molecule has 1 atom stereocenters. The Balaban J connectivity index is 1.84. The fraction of sp³-hybridized carbons (Fsp3) is 0.375. The summed E-state index contributed by atoms with van der Waals surface area (Å²) in [5.74, 6) is 0. The van der Waals surface area contributed by atoms with Crippen molar-refractivity contribution >= 4 is 27.3 Å². The monoisotopic (exact) mass is 336 g/mol. The smallest absolute Gasteiger partial charge is 0.0685 e. The molecule has 0 radical (unpaired) electrons. The summed E-state index contributed by atoms with van der Waals surface area (Å²) in [7, 11) is 0. The molecule has 1 aliphatic carbocycles. The van der Waals surface area contributed by atoms with Gasteiger partial charge in [0.2, 0.25) is 0 Å². The van der Waals surface area contributed by atoms with Crippen LogP contribution in [0, 0.1) is 0 Å². The number of thiophene rings is 1. The fourth-order valence-electron chi connectivity index (χ4n) is 2.98. The van der Waals surface area contributed by atoms with Crippen LogP contribution in [0.3, 0.4) is 0 Å². The van der Waals surface area contributed by atoms with Crippen molar-refractivity contribution in [3.05, 3.63) is 56.7 Å². The molecular weight excluding hydrogens is 320 g/mol. The van der Waals surface area contributed by atoms with Gasteiger partial charge in [0.15, 0.2) is 0 Å². The van der Waals surface area contributed by atoms with E-state index < -0.39 is 0 Å². The standard InChI is InChI=1S/C16H17BrOS/c17-13-7-10-19-14(13)11-15(18)16(8-4-9-16)12-5-2-1-3-6-12/h1-3,5-7,10,15,18H,4,8-9,11H2. The quantitative estimate of drug-likeness (QED) is 0.869. The van der Waals surface area contributed by atoms with Gasteiger partial charge in [0.25, 0.3) is 0 Å². The molecule has 1 N–H and O–H groups in total. The summed E-state index contributed by atoms with van der Waals surface area (Å²) >= 11 is 5.27. The van der Waals surface area contributed by atoms with Gasteiger partial charge in [0.1, 0.15) is 0 Å². The van der Waals surface area contributed by atoms with Gasteiger partial charge < -0.3 is 5.11 Å². The van der Waals surface area contributed by atoms with Crippen LogP contribution in [0.25, 0.3) is 0 Å². The summed E-state index contributed by atoms with van der Waals surface area (Å²) in [4.78, 5) is 1.25. The van der Waals surface area contributed by atoms with Crippen molar-refractivity contribution in [2.75, 3.05) is 0 Å². The maximum absolute atomic E-state index is 10.8. The van der Waals surface area contributed by atoms with E-state index in [9.17, 15) is 5.11 Å². The molecule has 1 heterocycles. The Morgan fingerprint density at radius 1 is 1.21 bits per heavy atom. The number of aliphatic hydroxyl groups is 1. The minimum Gasteiger partial charge on any atom is -0.392 e. The molecule has 0 spiro atoms. The summed E-state index contributed by atoms with van der Waals surface area (Å²) in [5.41, 5.74) is 1.27. The fourth-order valence-corrected chi connectivity index (χ4v) is 4.54. The van der Waals surface area contributed by atoms with Crippen molar-refractivity contribution in [2.45, 2.75) is 37.2 Å². The molecule has 1 aromatic heterocycles. The largest absolute Gasteiger partial charge is 0.392 e. The maximum Gasteiger partial charge on any atom is 0.0685 e. The Labute approximate surface area is 126 Å². The minimum absolute atomic E-state index is 0.0231. The molecule has 1 nitrogen and oxygen atoms in total. The predicted molar refractivity (Wildman–Crippen MR) is 83.7 cm³/mol. The van der Waals surface area contributed by atoms with E-state index in [2.05, 4.69) is 51.6 Å². The molecule has 3 rings (SSSR count). The topological polar surface area (TPSA) is 20.2 Å². The van der Waals surface area contributed by atoms with Gasteiger partial charge in [-0.2, -0.15) is 0 Å². The second-order valence-electron chi connectivity index (χ2n) is 5.29. The van der Waals surface area contributed by atoms with E-state index in [0.29, 0.717) is 0 Å². The predicted octanol–water partition coefficient (Wildman–Crippen LogP) is 4.54. The van der Waals surface area contributed by atoms with Crippen LogP contribution in [0.2, 0.25) is 0 Å². The van der Waals surface area contributed by atoms with Gasteiger partial charge in [0.05, 0.1) is 6.10 Å². The van der Waals surface area contributed by atoms with Crippen LogP contribution in [-0.2, 0) is 11.8 Å². The highest BCUT2D eigenvalue weighted by Crippen LogP contribution is 2.47. The molecule has 0 saturated heterocycles. The second kappa shape index (κ2) is 5.39. The molecule has 1 unspecified atom stereocenters. The van der Waals surface area contributed by atoms with Crippen molar-refractivity contribution in [3.63, 3.8) is 0 Å². The van der Waals surface area contributed by atoms with Crippen molar-refractivity contribution in [2.24, 2.45) is 0 Å². The zero-order valence-electron chi connectivity index (χ0n) is 10.7. The molecule has 19 heavy (non-hydrogen) atoms. The third-order valence-corrected chi connectivity index (χ3v) is 6.25. The zero-order chi connectivity index (χ0) is 13.3. The Morgan fingerprint density at radius 3 is 2.47 bits per heavy atom. The average molecular weight is 337 g/mol. The summed E-state index contributed by atoms with van der Waals surface area (Å²) in [6.07, 6.45) is 3.87. The van der Waals surface area contributed by atoms with Gasteiger partial charge in [-0.05, 0) is 45.8 Å². The molecule has 0 amide bonds. The first-order valence-electron chi connectivity index (χ1n) is 6.68. The van der Waals surface area contributed by atoms with Crippen molar-refractivity contribution in [1.82, 2.24) is 0 Å². The van der Waals surface area contributed by atoms with Crippen LogP contribution in [0.15, 0.2) is 46.3 Å². The number of hydrogen-bond acceptors (Lipinski definition) is 2. The lowest BCUT2D eigenvalue weighted by atomic mass is 9.60. The molecule has 1 aliphatic rings. The number of benzene rings is 1. The molecule has 1 fully saturated rings. The van der Waals surface area contributed by atoms with Gasteiger partial charge in [0, 0.05) is 21.2 Å². The Bertz CT molecular complexity index is 545. The molecule has 3 heteroatoms. The number of aliphatic hydroxyl groups excluding tert-OH is 1. The lowest BCUT2D eigenvalue weighted by molar-refractivity contribution is 0.0290. The molecule has 1 aromatic carbocycles. The van der Waals surface area contributed by atoms with Crippen LogP contribution in [0.5, 0.6) is 0 Å². The van der Waals surface area contributed by atoms with E-state index in [0.717, 1.165) is 23.7 Å². The molecule has 0 aliphatic heterocycles. The van der Waals surface area contributed by atoms with Gasteiger partial charge in [-0.1, -0.05) is 36.8 Å². The van der Waals surface area contributed by atoms with Gasteiger partial charge in [-0.15, -0.1) is 11.3 Å². The van der Waals surface area contributed by atoms with Crippen LogP contribution in [0.4, 0.5) is 0 Å². The van der Waals surface area contributed by atoms with E-state index in [1.807, 2.05) is 6.07 Å². The van der Waals surface area contributed by atoms with E-state index in [-0.39, 0.29) is 11.5 Å². The average Bonchev–Trinajstić information content (AvgIpc) is 2.75. The molecule has 0 bridgehead atoms. The number of halogens is 1. The van der Waals surface area contributed by atoms with Gasteiger partial charge >= 0.3 is 0 Å². The number of rotatable bonds is 4. The van der Waals surface area contributed by atoms with Crippen LogP contribution in [0.1, 0.15) is 29.7 Å².